The van der Waals surface area contributed by atoms with Gasteiger partial charge in [-0.05, 0) is 36.4 Å². The molecule has 134 valence electrons. The van der Waals surface area contributed by atoms with Crippen LogP contribution in [0.25, 0.3) is 11.5 Å². The van der Waals surface area contributed by atoms with E-state index in [-0.39, 0.29) is 11.7 Å². The quantitative estimate of drug-likeness (QED) is 0.613. The first kappa shape index (κ1) is 17.8. The third kappa shape index (κ3) is 4.76. The van der Waals surface area contributed by atoms with Crippen molar-refractivity contribution in [3.8, 4) is 23.0 Å². The molecule has 0 saturated carbocycles. The van der Waals surface area contributed by atoms with Crippen LogP contribution in [0.15, 0.2) is 58.2 Å². The molecular weight excluding hydrogens is 354 g/mol. The number of aromatic nitrogens is 2. The lowest BCUT2D eigenvalue weighted by molar-refractivity contribution is -0.115. The summed E-state index contributed by atoms with van der Waals surface area (Å²) in [5, 5.41) is 20.4. The summed E-state index contributed by atoms with van der Waals surface area (Å²) >= 11 is 1.31. The summed E-state index contributed by atoms with van der Waals surface area (Å²) in [5.74, 6) is 1.62. The molecule has 0 atom stereocenters. The Kier molecular flexibility index (Phi) is 5.75. The number of anilines is 1. The lowest BCUT2D eigenvalue weighted by Crippen LogP contribution is -2.12. The molecule has 0 radical (unpaired) electrons. The van der Waals surface area contributed by atoms with E-state index in [1.54, 1.807) is 43.5 Å². The van der Waals surface area contributed by atoms with Crippen LogP contribution < -0.4 is 10.1 Å². The number of carbonyl (C=O) groups is 1. The van der Waals surface area contributed by atoms with Crippen molar-refractivity contribution < 1.29 is 19.1 Å². The molecular formula is C18H17N3O4S. The van der Waals surface area contributed by atoms with Crippen molar-refractivity contribution in [2.75, 3.05) is 18.2 Å². The largest absolute Gasteiger partial charge is 0.508 e. The van der Waals surface area contributed by atoms with Gasteiger partial charge in [-0.3, -0.25) is 4.79 Å². The highest BCUT2D eigenvalue weighted by atomic mass is 32.2. The van der Waals surface area contributed by atoms with E-state index in [1.807, 2.05) is 12.1 Å². The van der Waals surface area contributed by atoms with E-state index < -0.39 is 0 Å². The van der Waals surface area contributed by atoms with Crippen molar-refractivity contribution in [3.05, 3.63) is 48.5 Å². The second-order valence-electron chi connectivity index (χ2n) is 5.30. The van der Waals surface area contributed by atoms with E-state index in [1.165, 1.54) is 11.8 Å². The Hall–Kier alpha value is -3.00. The van der Waals surface area contributed by atoms with Gasteiger partial charge in [0.15, 0.2) is 0 Å². The number of benzene rings is 2. The molecule has 26 heavy (non-hydrogen) atoms. The van der Waals surface area contributed by atoms with Crippen molar-refractivity contribution in [2.45, 2.75) is 11.6 Å². The number of phenols is 1. The second-order valence-corrected chi connectivity index (χ2v) is 6.34. The molecule has 3 aromatic rings. The van der Waals surface area contributed by atoms with Gasteiger partial charge in [0.2, 0.25) is 11.8 Å². The van der Waals surface area contributed by atoms with Crippen LogP contribution in [0.1, 0.15) is 6.42 Å². The smallest absolute Gasteiger partial charge is 0.276 e. The molecule has 2 N–H and O–H groups in total. The van der Waals surface area contributed by atoms with Gasteiger partial charge in [0.05, 0.1) is 7.11 Å². The molecule has 0 aliphatic heterocycles. The first-order valence-electron chi connectivity index (χ1n) is 7.83. The van der Waals surface area contributed by atoms with Crippen molar-refractivity contribution in [1.82, 2.24) is 10.2 Å². The summed E-state index contributed by atoms with van der Waals surface area (Å²) in [6.45, 7) is 0. The number of phenolic OH excluding ortho intramolecular Hbond substituents is 1. The van der Waals surface area contributed by atoms with Gasteiger partial charge < -0.3 is 19.6 Å². The predicted molar refractivity (Wildman–Crippen MR) is 98.4 cm³/mol. The van der Waals surface area contributed by atoms with Gasteiger partial charge in [-0.15, -0.1) is 10.2 Å². The molecule has 0 bridgehead atoms. The topological polar surface area (TPSA) is 97.5 Å². The zero-order chi connectivity index (χ0) is 18.4. The van der Waals surface area contributed by atoms with Gasteiger partial charge in [0, 0.05) is 29.5 Å². The maximum Gasteiger partial charge on any atom is 0.276 e. The van der Waals surface area contributed by atoms with E-state index in [0.717, 1.165) is 5.56 Å². The average Bonchev–Trinajstić information content (AvgIpc) is 3.11. The van der Waals surface area contributed by atoms with Crippen molar-refractivity contribution in [1.29, 1.82) is 0 Å². The standard InChI is InChI=1S/C18H17N3O4S/c1-24-15-4-2-3-13(11-15)19-16(23)9-10-26-18-21-20-17(25-18)12-5-7-14(22)8-6-12/h2-8,11,22H,9-10H2,1H3,(H,19,23). The molecule has 0 unspecified atom stereocenters. The Morgan fingerprint density at radius 2 is 2.04 bits per heavy atom. The normalized spacial score (nSPS) is 10.5. The molecule has 3 rings (SSSR count). The number of methoxy groups -OCH3 is 1. The van der Waals surface area contributed by atoms with Gasteiger partial charge in [-0.1, -0.05) is 17.8 Å². The molecule has 1 aromatic heterocycles. The Labute approximate surface area is 154 Å². The molecule has 0 fully saturated rings. The lowest BCUT2D eigenvalue weighted by atomic mass is 10.2. The van der Waals surface area contributed by atoms with Gasteiger partial charge in [-0.2, -0.15) is 0 Å². The Morgan fingerprint density at radius 1 is 1.23 bits per heavy atom. The van der Waals surface area contributed by atoms with Gasteiger partial charge in [0.1, 0.15) is 11.5 Å². The minimum Gasteiger partial charge on any atom is -0.508 e. The van der Waals surface area contributed by atoms with Gasteiger partial charge >= 0.3 is 0 Å². The van der Waals surface area contributed by atoms with Gasteiger partial charge in [-0.25, -0.2) is 0 Å². The summed E-state index contributed by atoms with van der Waals surface area (Å²) < 4.78 is 10.7. The number of ether oxygens (including phenoxy) is 1. The zero-order valence-electron chi connectivity index (χ0n) is 14.0. The molecule has 1 amide bonds. The minimum absolute atomic E-state index is 0.107. The van der Waals surface area contributed by atoms with Crippen LogP contribution in [0.4, 0.5) is 5.69 Å². The number of nitrogens with zero attached hydrogens (tertiary/aromatic N) is 2. The van der Waals surface area contributed by atoms with E-state index in [2.05, 4.69) is 15.5 Å². The monoisotopic (exact) mass is 371 g/mol. The summed E-state index contributed by atoms with van der Waals surface area (Å²) in [4.78, 5) is 12.0. The molecule has 8 heteroatoms. The van der Waals surface area contributed by atoms with Crippen molar-refractivity contribution >= 4 is 23.4 Å². The number of nitrogens with one attached hydrogen (secondary N) is 1. The van der Waals surface area contributed by atoms with Crippen LogP contribution in [0.2, 0.25) is 0 Å². The van der Waals surface area contributed by atoms with E-state index >= 15 is 0 Å². The fourth-order valence-electron chi connectivity index (χ4n) is 2.14. The van der Waals surface area contributed by atoms with Crippen molar-refractivity contribution in [3.63, 3.8) is 0 Å². The molecule has 0 saturated heterocycles. The number of carbonyl (C=O) groups excluding carboxylic acids is 1. The zero-order valence-corrected chi connectivity index (χ0v) is 14.8. The molecule has 0 aliphatic rings. The highest BCUT2D eigenvalue weighted by molar-refractivity contribution is 7.99. The average molecular weight is 371 g/mol. The van der Waals surface area contributed by atoms with E-state index in [9.17, 15) is 9.90 Å². The molecule has 0 aliphatic carbocycles. The van der Waals surface area contributed by atoms with Gasteiger partial charge in [0.25, 0.3) is 5.22 Å². The Balaban J connectivity index is 1.48. The molecule has 2 aromatic carbocycles. The van der Waals surface area contributed by atoms with Crippen LogP contribution in [0.3, 0.4) is 0 Å². The maximum atomic E-state index is 12.0. The maximum absolute atomic E-state index is 12.0. The minimum atomic E-state index is -0.107. The number of thioether (sulfide) groups is 1. The van der Waals surface area contributed by atoms with Crippen LogP contribution in [0.5, 0.6) is 11.5 Å². The van der Waals surface area contributed by atoms with E-state index in [0.29, 0.717) is 34.7 Å². The third-order valence-corrected chi connectivity index (χ3v) is 4.25. The third-order valence-electron chi connectivity index (χ3n) is 3.43. The number of rotatable bonds is 7. The molecule has 0 spiro atoms. The highest BCUT2D eigenvalue weighted by Gasteiger charge is 2.10. The molecule has 7 nitrogen and oxygen atoms in total. The number of hydrogen-bond acceptors (Lipinski definition) is 7. The molecule has 1 heterocycles. The summed E-state index contributed by atoms with van der Waals surface area (Å²) in [6.07, 6.45) is 0.304. The highest BCUT2D eigenvalue weighted by Crippen LogP contribution is 2.25. The summed E-state index contributed by atoms with van der Waals surface area (Å²) in [7, 11) is 1.58. The predicted octanol–water partition coefficient (Wildman–Crippen LogP) is 3.57. The van der Waals surface area contributed by atoms with Crippen LogP contribution in [-0.2, 0) is 4.79 Å². The van der Waals surface area contributed by atoms with E-state index in [4.69, 9.17) is 9.15 Å². The Morgan fingerprint density at radius 3 is 2.81 bits per heavy atom. The lowest BCUT2D eigenvalue weighted by Gasteiger charge is -2.06. The number of amides is 1. The second kappa shape index (κ2) is 8.39. The summed E-state index contributed by atoms with van der Waals surface area (Å²) in [5.41, 5.74) is 1.41. The Bertz CT molecular complexity index is 880. The first-order chi connectivity index (χ1) is 12.6. The van der Waals surface area contributed by atoms with Crippen LogP contribution in [-0.4, -0.2) is 34.1 Å². The van der Waals surface area contributed by atoms with Crippen molar-refractivity contribution in [2.24, 2.45) is 0 Å². The number of aromatic hydroxyl groups is 1. The fraction of sp³-hybridized carbons (Fsp3) is 0.167. The first-order valence-corrected chi connectivity index (χ1v) is 8.82. The SMILES string of the molecule is COc1cccc(NC(=O)CCSc2nnc(-c3ccc(O)cc3)o2)c1. The fourth-order valence-corrected chi connectivity index (χ4v) is 2.84. The number of hydrogen-bond donors (Lipinski definition) is 2. The van der Waals surface area contributed by atoms with Crippen LogP contribution >= 0.6 is 11.8 Å². The van der Waals surface area contributed by atoms with Crippen LogP contribution in [0, 0.1) is 0 Å². The summed E-state index contributed by atoms with van der Waals surface area (Å²) in [6, 6.07) is 13.7.